The van der Waals surface area contributed by atoms with Gasteiger partial charge >= 0.3 is 11.9 Å². The summed E-state index contributed by atoms with van der Waals surface area (Å²) in [5.74, 6) is -0.424. The lowest BCUT2D eigenvalue weighted by molar-refractivity contribution is -0.160. The van der Waals surface area contributed by atoms with Crippen LogP contribution in [-0.2, 0) is 33.3 Å². The number of hydrogen-bond donors (Lipinski definition) is 0. The van der Waals surface area contributed by atoms with Crippen molar-refractivity contribution in [1.29, 1.82) is 0 Å². The number of nitrogens with zero attached hydrogens (tertiary/aromatic N) is 1. The van der Waals surface area contributed by atoms with Crippen LogP contribution in [0.3, 0.4) is 0 Å². The SMILES string of the molecule is CCCCC/C=C\C/C=C\CCCCCCCC(=O)OCC1CN(C(=O)CCCCCC)CC1COC(=O)CCC(OCCCCCCCC)OCCCCCCCC. The Morgan fingerprint density at radius 2 is 0.898 bits per heavy atom. The van der Waals surface area contributed by atoms with Crippen LogP contribution in [0.5, 0.6) is 0 Å². The van der Waals surface area contributed by atoms with Crippen molar-refractivity contribution in [2.24, 2.45) is 11.8 Å². The highest BCUT2D eigenvalue weighted by molar-refractivity contribution is 5.76. The molecule has 1 aliphatic rings. The molecule has 0 aliphatic carbocycles. The van der Waals surface area contributed by atoms with Gasteiger partial charge in [-0.3, -0.25) is 14.4 Å². The fourth-order valence-electron chi connectivity index (χ4n) is 7.65. The molecule has 0 N–H and O–H groups in total. The number of esters is 2. The Bertz CT molecular complexity index is 1030. The maximum atomic E-state index is 13.1. The number of unbranched alkanes of at least 4 members (excludes halogenated alkanes) is 21. The smallest absolute Gasteiger partial charge is 0.305 e. The van der Waals surface area contributed by atoms with Gasteiger partial charge in [-0.05, 0) is 57.8 Å². The van der Waals surface area contributed by atoms with Crippen molar-refractivity contribution in [1.82, 2.24) is 4.90 Å². The molecule has 1 saturated heterocycles. The average molecular weight is 832 g/mol. The summed E-state index contributed by atoms with van der Waals surface area (Å²) in [7, 11) is 0. The van der Waals surface area contributed by atoms with E-state index in [1.165, 1.54) is 89.9 Å². The highest BCUT2D eigenvalue weighted by Gasteiger charge is 2.36. The van der Waals surface area contributed by atoms with E-state index in [2.05, 4.69) is 52.0 Å². The Balaban J connectivity index is 2.52. The third-order valence-corrected chi connectivity index (χ3v) is 11.6. The van der Waals surface area contributed by atoms with E-state index in [1.54, 1.807) is 0 Å². The predicted molar refractivity (Wildman–Crippen MR) is 245 cm³/mol. The van der Waals surface area contributed by atoms with E-state index < -0.39 is 6.29 Å². The zero-order valence-corrected chi connectivity index (χ0v) is 39.0. The van der Waals surface area contributed by atoms with Crippen LogP contribution in [0, 0.1) is 11.8 Å². The third kappa shape index (κ3) is 33.2. The molecule has 0 radical (unpaired) electrons. The van der Waals surface area contributed by atoms with Gasteiger partial charge in [0.2, 0.25) is 5.91 Å². The van der Waals surface area contributed by atoms with Crippen LogP contribution in [0.15, 0.2) is 24.3 Å². The monoisotopic (exact) mass is 832 g/mol. The average Bonchev–Trinajstić information content (AvgIpc) is 3.66. The standard InChI is InChI=1S/C51H93NO7/c1-5-9-13-17-20-21-22-23-24-25-26-27-28-29-33-37-49(54)58-44-46-42-52(48(53)36-32-16-12-8-4)43-47(46)45-59-50(55)38-39-51(56-40-34-30-18-14-10-6-2)57-41-35-31-19-15-11-7-3/h20-21,23-24,46-47,51H,5-19,22,25-45H2,1-4H3/b21-20-,24-23-. The lowest BCUT2D eigenvalue weighted by Crippen LogP contribution is -2.29. The summed E-state index contributed by atoms with van der Waals surface area (Å²) in [4.78, 5) is 40.9. The van der Waals surface area contributed by atoms with Crippen LogP contribution in [0.25, 0.3) is 0 Å². The fourth-order valence-corrected chi connectivity index (χ4v) is 7.65. The van der Waals surface area contributed by atoms with E-state index >= 15 is 0 Å². The zero-order chi connectivity index (χ0) is 42.9. The first-order chi connectivity index (χ1) is 28.9. The van der Waals surface area contributed by atoms with Crippen molar-refractivity contribution in [2.45, 2.75) is 233 Å². The van der Waals surface area contributed by atoms with Gasteiger partial charge in [0.15, 0.2) is 6.29 Å². The number of hydrogen-bond acceptors (Lipinski definition) is 7. The summed E-state index contributed by atoms with van der Waals surface area (Å²) >= 11 is 0. The second-order valence-electron chi connectivity index (χ2n) is 17.2. The van der Waals surface area contributed by atoms with Crippen molar-refractivity contribution in [3.8, 4) is 0 Å². The van der Waals surface area contributed by atoms with Gasteiger partial charge in [0.05, 0.1) is 19.6 Å². The largest absolute Gasteiger partial charge is 0.465 e. The number of ether oxygens (including phenoxy) is 4. The third-order valence-electron chi connectivity index (χ3n) is 11.6. The maximum Gasteiger partial charge on any atom is 0.305 e. The molecule has 1 heterocycles. The summed E-state index contributed by atoms with van der Waals surface area (Å²) in [5, 5.41) is 0. The normalized spacial score (nSPS) is 15.6. The lowest BCUT2D eigenvalue weighted by atomic mass is 9.98. The first kappa shape index (κ1) is 54.8. The van der Waals surface area contributed by atoms with Crippen molar-refractivity contribution in [3.63, 3.8) is 0 Å². The van der Waals surface area contributed by atoms with E-state index in [1.807, 2.05) is 4.90 Å². The van der Waals surface area contributed by atoms with E-state index in [9.17, 15) is 14.4 Å². The Morgan fingerprint density at radius 1 is 0.492 bits per heavy atom. The van der Waals surface area contributed by atoms with Crippen LogP contribution in [-0.4, -0.2) is 68.6 Å². The lowest BCUT2D eigenvalue weighted by Gasteiger charge is -2.20. The maximum absolute atomic E-state index is 13.1. The Hall–Kier alpha value is -2.19. The number of allylic oxidation sites excluding steroid dienone is 4. The van der Waals surface area contributed by atoms with E-state index in [0.29, 0.717) is 45.6 Å². The number of amides is 1. The molecule has 59 heavy (non-hydrogen) atoms. The second kappa shape index (κ2) is 41.2. The molecule has 344 valence electrons. The van der Waals surface area contributed by atoms with Gasteiger partial charge in [0.25, 0.3) is 0 Å². The molecular formula is C51H93NO7. The summed E-state index contributed by atoms with van der Waals surface area (Å²) < 4.78 is 23.9. The van der Waals surface area contributed by atoms with Crippen LogP contribution >= 0.6 is 0 Å². The molecule has 0 aromatic rings. The van der Waals surface area contributed by atoms with Crippen LogP contribution < -0.4 is 0 Å². The minimum atomic E-state index is -0.409. The molecule has 1 aliphatic heterocycles. The van der Waals surface area contributed by atoms with Gasteiger partial charge in [-0.25, -0.2) is 0 Å². The second-order valence-corrected chi connectivity index (χ2v) is 17.2. The number of likely N-dealkylation sites (tertiary alicyclic amines) is 1. The molecule has 8 heteroatoms. The van der Waals surface area contributed by atoms with E-state index in [4.69, 9.17) is 18.9 Å². The van der Waals surface area contributed by atoms with Gasteiger partial charge < -0.3 is 23.8 Å². The van der Waals surface area contributed by atoms with Crippen molar-refractivity contribution in [3.05, 3.63) is 24.3 Å². The van der Waals surface area contributed by atoms with Crippen LogP contribution in [0.1, 0.15) is 227 Å². The summed E-state index contributed by atoms with van der Waals surface area (Å²) in [6.07, 6.45) is 41.5. The van der Waals surface area contributed by atoms with E-state index in [-0.39, 0.29) is 49.3 Å². The van der Waals surface area contributed by atoms with Gasteiger partial charge in [-0.1, -0.05) is 168 Å². The van der Waals surface area contributed by atoms with Crippen molar-refractivity contribution in [2.75, 3.05) is 39.5 Å². The quantitative estimate of drug-likeness (QED) is 0.0262. The zero-order valence-electron chi connectivity index (χ0n) is 39.0. The first-order valence-corrected chi connectivity index (χ1v) is 25.1. The van der Waals surface area contributed by atoms with Crippen molar-refractivity contribution < 1.29 is 33.3 Å². The molecule has 0 saturated carbocycles. The first-order valence-electron chi connectivity index (χ1n) is 25.1. The molecule has 0 aromatic heterocycles. The Labute approximate surface area is 363 Å². The van der Waals surface area contributed by atoms with Crippen molar-refractivity contribution >= 4 is 17.8 Å². The summed E-state index contributed by atoms with van der Waals surface area (Å²) in [6.45, 7) is 11.7. The molecule has 2 atom stereocenters. The topological polar surface area (TPSA) is 91.4 Å². The van der Waals surface area contributed by atoms with Gasteiger partial charge in [0, 0.05) is 57.4 Å². The molecule has 0 aromatic carbocycles. The molecular weight excluding hydrogens is 739 g/mol. The highest BCUT2D eigenvalue weighted by atomic mass is 16.7. The molecule has 2 unspecified atom stereocenters. The minimum absolute atomic E-state index is 0.0509. The molecule has 0 bridgehead atoms. The number of carbonyl (C=O) groups is 3. The minimum Gasteiger partial charge on any atom is -0.465 e. The highest BCUT2D eigenvalue weighted by Crippen LogP contribution is 2.26. The molecule has 1 fully saturated rings. The van der Waals surface area contributed by atoms with Crippen LogP contribution in [0.4, 0.5) is 0 Å². The fraction of sp³-hybridized carbons (Fsp3) is 0.863. The Kier molecular flexibility index (Phi) is 38.3. The van der Waals surface area contributed by atoms with Gasteiger partial charge in [-0.2, -0.15) is 0 Å². The Morgan fingerprint density at radius 3 is 1.44 bits per heavy atom. The number of rotatable bonds is 42. The summed E-state index contributed by atoms with van der Waals surface area (Å²) in [5.41, 5.74) is 0. The predicted octanol–water partition coefficient (Wildman–Crippen LogP) is 13.8. The number of carbonyl (C=O) groups excluding carboxylic acids is 3. The van der Waals surface area contributed by atoms with Gasteiger partial charge in [-0.15, -0.1) is 0 Å². The molecule has 1 amide bonds. The molecule has 1 rings (SSSR count). The van der Waals surface area contributed by atoms with Gasteiger partial charge in [0.1, 0.15) is 0 Å². The van der Waals surface area contributed by atoms with Crippen LogP contribution in [0.2, 0.25) is 0 Å². The van der Waals surface area contributed by atoms with E-state index in [0.717, 1.165) is 83.5 Å². The molecule has 0 spiro atoms. The molecule has 8 nitrogen and oxygen atoms in total. The summed E-state index contributed by atoms with van der Waals surface area (Å²) in [6, 6.07) is 0.